The minimum absolute atomic E-state index is 0.916. The van der Waals surface area contributed by atoms with E-state index in [0.29, 0.717) is 0 Å². The molecule has 0 fully saturated rings. The fourth-order valence-electron chi connectivity index (χ4n) is 3.34. The van der Waals surface area contributed by atoms with Gasteiger partial charge < -0.3 is 0 Å². The summed E-state index contributed by atoms with van der Waals surface area (Å²) in [5, 5.41) is 4.52. The highest BCUT2D eigenvalue weighted by Crippen LogP contribution is 2.35. The van der Waals surface area contributed by atoms with Gasteiger partial charge in [-0.3, -0.25) is 0 Å². The van der Waals surface area contributed by atoms with E-state index in [-0.39, 0.29) is 0 Å². The molecule has 0 radical (unpaired) electrons. The maximum Gasteiger partial charge on any atom is 0.0321 e. The number of rotatable bonds is 1. The van der Waals surface area contributed by atoms with Gasteiger partial charge in [-0.1, -0.05) is 72.5 Å². The van der Waals surface area contributed by atoms with Gasteiger partial charge in [0.1, 0.15) is 0 Å². The van der Waals surface area contributed by atoms with Crippen LogP contribution in [0.2, 0.25) is 0 Å². The summed E-state index contributed by atoms with van der Waals surface area (Å²) in [4.78, 5) is 0. The average Bonchev–Trinajstić information content (AvgIpc) is 2.66. The van der Waals surface area contributed by atoms with Crippen LogP contribution in [0.1, 0.15) is 11.1 Å². The zero-order valence-corrected chi connectivity index (χ0v) is 13.1. The molecule has 0 aromatic heterocycles. The molecule has 0 nitrogen and oxygen atoms in total. The summed E-state index contributed by atoms with van der Waals surface area (Å²) in [6.07, 6.45) is 11.3. The molecular weight excluding hydrogens is 288 g/mol. The minimum Gasteiger partial charge on any atom is -0.115 e. The Morgan fingerprint density at radius 2 is 0.833 bits per heavy atom. The lowest BCUT2D eigenvalue weighted by atomic mass is 9.91. The molecule has 0 unspecified atom stereocenters. The Bertz CT molecular complexity index is 1070. The lowest BCUT2D eigenvalue weighted by Crippen LogP contribution is -1.87. The van der Waals surface area contributed by atoms with E-state index < -0.39 is 0 Å². The van der Waals surface area contributed by atoms with Crippen molar-refractivity contribution in [1.82, 2.24) is 0 Å². The van der Waals surface area contributed by atoms with Crippen molar-refractivity contribution in [2.24, 2.45) is 0 Å². The largest absolute Gasteiger partial charge is 0.115 e. The fraction of sp³-hybridized carbons (Fsp3) is 0. The summed E-state index contributed by atoms with van der Waals surface area (Å²) in [7, 11) is 0. The molecule has 0 aliphatic carbocycles. The summed E-state index contributed by atoms with van der Waals surface area (Å²) in [6.45, 7) is 0. The quantitative estimate of drug-likeness (QED) is 0.400. The van der Waals surface area contributed by atoms with Gasteiger partial charge >= 0.3 is 0 Å². The van der Waals surface area contributed by atoms with Gasteiger partial charge in [0.05, 0.1) is 0 Å². The molecule has 0 amide bonds. The van der Waals surface area contributed by atoms with Crippen molar-refractivity contribution in [3.05, 3.63) is 83.9 Å². The zero-order chi connectivity index (χ0) is 16.5. The van der Waals surface area contributed by atoms with E-state index in [2.05, 4.69) is 60.4 Å². The van der Waals surface area contributed by atoms with Crippen LogP contribution in [0.15, 0.2) is 72.8 Å². The van der Waals surface area contributed by atoms with Gasteiger partial charge in [0.15, 0.2) is 0 Å². The zero-order valence-electron chi connectivity index (χ0n) is 13.1. The third-order valence-electron chi connectivity index (χ3n) is 4.45. The highest BCUT2D eigenvalue weighted by Gasteiger charge is 2.10. The Kier molecular flexibility index (Phi) is 3.31. The number of fused-ring (bicyclic) bond motifs is 2. The van der Waals surface area contributed by atoms with E-state index in [1.54, 1.807) is 0 Å². The van der Waals surface area contributed by atoms with Crippen LogP contribution in [-0.2, 0) is 0 Å². The molecule has 0 bridgehead atoms. The molecule has 0 aliphatic heterocycles. The number of terminal acetylenes is 2. The molecule has 0 saturated carbocycles. The van der Waals surface area contributed by atoms with Gasteiger partial charge in [-0.25, -0.2) is 0 Å². The lowest BCUT2D eigenvalue weighted by Gasteiger charge is -2.12. The second-order valence-corrected chi connectivity index (χ2v) is 5.70. The molecule has 4 aromatic carbocycles. The molecule has 4 rings (SSSR count). The van der Waals surface area contributed by atoms with Gasteiger partial charge in [0, 0.05) is 11.1 Å². The van der Waals surface area contributed by atoms with Crippen molar-refractivity contribution in [3.63, 3.8) is 0 Å². The predicted octanol–water partition coefficient (Wildman–Crippen LogP) is 5.62. The first kappa shape index (κ1) is 14.1. The van der Waals surface area contributed by atoms with Crippen LogP contribution in [-0.4, -0.2) is 0 Å². The van der Waals surface area contributed by atoms with Gasteiger partial charge in [0.2, 0.25) is 0 Å². The predicted molar refractivity (Wildman–Crippen MR) is 103 cm³/mol. The Balaban J connectivity index is 2.12. The minimum atomic E-state index is 0.916. The molecular formula is C24H14. The molecule has 0 heteroatoms. The van der Waals surface area contributed by atoms with E-state index in [1.807, 2.05) is 24.3 Å². The Labute approximate surface area is 141 Å². The second-order valence-electron chi connectivity index (χ2n) is 5.70. The first-order valence-corrected chi connectivity index (χ1v) is 7.80. The van der Waals surface area contributed by atoms with Gasteiger partial charge in [-0.05, 0) is 44.8 Å². The topological polar surface area (TPSA) is 0 Å². The van der Waals surface area contributed by atoms with Crippen LogP contribution >= 0.6 is 0 Å². The first-order chi connectivity index (χ1) is 11.8. The second kappa shape index (κ2) is 5.62. The van der Waals surface area contributed by atoms with Crippen molar-refractivity contribution >= 4 is 21.5 Å². The lowest BCUT2D eigenvalue weighted by molar-refractivity contribution is 1.66. The van der Waals surface area contributed by atoms with E-state index in [1.165, 1.54) is 11.1 Å². The molecule has 0 spiro atoms. The Morgan fingerprint density at radius 3 is 1.25 bits per heavy atom. The third-order valence-corrected chi connectivity index (χ3v) is 4.45. The van der Waals surface area contributed by atoms with Crippen LogP contribution in [0.25, 0.3) is 32.7 Å². The molecule has 0 N–H and O–H groups in total. The van der Waals surface area contributed by atoms with E-state index >= 15 is 0 Å². The van der Waals surface area contributed by atoms with Gasteiger partial charge in [0.25, 0.3) is 0 Å². The first-order valence-electron chi connectivity index (χ1n) is 7.80. The summed E-state index contributed by atoms with van der Waals surface area (Å²) in [5.74, 6) is 5.56. The van der Waals surface area contributed by atoms with Crippen LogP contribution < -0.4 is 0 Å². The number of hydrogen-bond acceptors (Lipinski definition) is 0. The molecule has 110 valence electrons. The maximum absolute atomic E-state index is 5.66. The molecule has 24 heavy (non-hydrogen) atoms. The Morgan fingerprint density at radius 1 is 0.458 bits per heavy atom. The Hall–Kier alpha value is -3.48. The van der Waals surface area contributed by atoms with Crippen LogP contribution in [0, 0.1) is 24.7 Å². The van der Waals surface area contributed by atoms with Crippen molar-refractivity contribution < 1.29 is 0 Å². The maximum atomic E-state index is 5.66. The van der Waals surface area contributed by atoms with E-state index in [0.717, 1.165) is 32.7 Å². The third kappa shape index (κ3) is 2.06. The molecule has 0 saturated heterocycles. The average molecular weight is 302 g/mol. The van der Waals surface area contributed by atoms with Gasteiger partial charge in [-0.2, -0.15) is 0 Å². The standard InChI is InChI=1S/C24H14/c1-3-17-9-5-13-21-19(17)11-7-15-23(21)24-16-8-12-20-18(4-2)10-6-14-22(20)24/h1-2,5-16H. The van der Waals surface area contributed by atoms with Crippen LogP contribution in [0.5, 0.6) is 0 Å². The van der Waals surface area contributed by atoms with Crippen molar-refractivity contribution in [1.29, 1.82) is 0 Å². The molecule has 4 aromatic rings. The van der Waals surface area contributed by atoms with E-state index in [4.69, 9.17) is 12.8 Å². The number of benzene rings is 4. The van der Waals surface area contributed by atoms with Crippen LogP contribution in [0.3, 0.4) is 0 Å². The fourth-order valence-corrected chi connectivity index (χ4v) is 3.34. The normalized spacial score (nSPS) is 10.4. The van der Waals surface area contributed by atoms with E-state index in [9.17, 15) is 0 Å². The molecule has 0 aliphatic rings. The summed E-state index contributed by atoms with van der Waals surface area (Å²) >= 11 is 0. The van der Waals surface area contributed by atoms with Crippen molar-refractivity contribution in [2.75, 3.05) is 0 Å². The van der Waals surface area contributed by atoms with Gasteiger partial charge in [-0.15, -0.1) is 12.8 Å². The summed E-state index contributed by atoms with van der Waals surface area (Å²) in [6, 6.07) is 24.8. The van der Waals surface area contributed by atoms with Crippen molar-refractivity contribution in [2.45, 2.75) is 0 Å². The molecule has 0 atom stereocenters. The smallest absolute Gasteiger partial charge is 0.0321 e. The highest BCUT2D eigenvalue weighted by atomic mass is 14.1. The van der Waals surface area contributed by atoms with Crippen molar-refractivity contribution in [3.8, 4) is 35.8 Å². The number of hydrogen-bond donors (Lipinski definition) is 0. The van der Waals surface area contributed by atoms with Crippen LogP contribution in [0.4, 0.5) is 0 Å². The monoisotopic (exact) mass is 302 g/mol. The SMILES string of the molecule is C#Cc1cccc2c(-c3cccc4c(C#C)cccc34)cccc12. The summed E-state index contributed by atoms with van der Waals surface area (Å²) in [5.41, 5.74) is 4.17. The molecule has 0 heterocycles. The highest BCUT2D eigenvalue weighted by molar-refractivity contribution is 6.07. The summed E-state index contributed by atoms with van der Waals surface area (Å²) < 4.78 is 0.